The van der Waals surface area contributed by atoms with E-state index in [1.54, 1.807) is 29.9 Å². The van der Waals surface area contributed by atoms with Crippen molar-refractivity contribution in [3.8, 4) is 28.6 Å². The third-order valence-electron chi connectivity index (χ3n) is 2.92. The molecule has 19 heavy (non-hydrogen) atoms. The van der Waals surface area contributed by atoms with Crippen LogP contribution in [0.1, 0.15) is 5.56 Å². The summed E-state index contributed by atoms with van der Waals surface area (Å²) in [6.07, 6.45) is 3.48. The highest BCUT2D eigenvalue weighted by atomic mass is 16.5. The van der Waals surface area contributed by atoms with Gasteiger partial charge in [0.2, 0.25) is 5.82 Å². The molecule has 0 atom stereocenters. The lowest BCUT2D eigenvalue weighted by Crippen LogP contribution is -1.85. The fourth-order valence-corrected chi connectivity index (χ4v) is 1.84. The van der Waals surface area contributed by atoms with Crippen LogP contribution in [0.25, 0.3) is 22.8 Å². The molecule has 1 N–H and O–H groups in total. The molecular formula is C13H12N4O2. The van der Waals surface area contributed by atoms with Crippen molar-refractivity contribution in [3.63, 3.8) is 0 Å². The second-order valence-corrected chi connectivity index (χ2v) is 4.28. The molecule has 0 amide bonds. The lowest BCUT2D eigenvalue weighted by molar-refractivity contribution is 0.431. The van der Waals surface area contributed by atoms with Gasteiger partial charge in [0.05, 0.1) is 11.8 Å². The smallest absolute Gasteiger partial charge is 0.258 e. The highest BCUT2D eigenvalue weighted by Gasteiger charge is 2.14. The SMILES string of the molecule is Cc1c(O)cccc1-c1nc(-c2cnn(C)c2)no1. The molecule has 1 aromatic carbocycles. The monoisotopic (exact) mass is 256 g/mol. The third-order valence-corrected chi connectivity index (χ3v) is 2.92. The molecule has 6 nitrogen and oxygen atoms in total. The minimum absolute atomic E-state index is 0.207. The van der Waals surface area contributed by atoms with Gasteiger partial charge in [-0.05, 0) is 19.1 Å². The molecule has 6 heteroatoms. The Bertz CT molecular complexity index is 730. The average molecular weight is 256 g/mol. The van der Waals surface area contributed by atoms with Gasteiger partial charge in [0.15, 0.2) is 0 Å². The Morgan fingerprint density at radius 2 is 2.16 bits per heavy atom. The van der Waals surface area contributed by atoms with Crippen LogP contribution < -0.4 is 0 Å². The summed E-state index contributed by atoms with van der Waals surface area (Å²) >= 11 is 0. The van der Waals surface area contributed by atoms with Crippen LogP contribution in [0.4, 0.5) is 0 Å². The predicted octanol–water partition coefficient (Wildman–Crippen LogP) is 2.15. The number of hydrogen-bond acceptors (Lipinski definition) is 5. The second kappa shape index (κ2) is 4.24. The molecule has 2 heterocycles. The van der Waals surface area contributed by atoms with Crippen LogP contribution in [0.3, 0.4) is 0 Å². The van der Waals surface area contributed by atoms with Crippen molar-refractivity contribution >= 4 is 0 Å². The van der Waals surface area contributed by atoms with Crippen molar-refractivity contribution in [2.45, 2.75) is 6.92 Å². The van der Waals surface area contributed by atoms with Crippen LogP contribution in [0.15, 0.2) is 35.1 Å². The highest BCUT2D eigenvalue weighted by Crippen LogP contribution is 2.29. The number of benzene rings is 1. The Labute approximate surface area is 109 Å². The van der Waals surface area contributed by atoms with E-state index in [-0.39, 0.29) is 5.75 Å². The van der Waals surface area contributed by atoms with E-state index in [0.29, 0.717) is 17.3 Å². The Morgan fingerprint density at radius 3 is 2.89 bits per heavy atom. The summed E-state index contributed by atoms with van der Waals surface area (Å²) in [7, 11) is 1.82. The molecule has 0 bridgehead atoms. The normalized spacial score (nSPS) is 10.8. The van der Waals surface area contributed by atoms with Gasteiger partial charge in [-0.15, -0.1) is 0 Å². The van der Waals surface area contributed by atoms with E-state index in [1.165, 1.54) is 0 Å². The van der Waals surface area contributed by atoms with E-state index >= 15 is 0 Å². The Hall–Kier alpha value is -2.63. The van der Waals surface area contributed by atoms with Crippen molar-refractivity contribution in [1.29, 1.82) is 0 Å². The Kier molecular flexibility index (Phi) is 2.56. The van der Waals surface area contributed by atoms with Crippen molar-refractivity contribution in [2.24, 2.45) is 7.05 Å². The van der Waals surface area contributed by atoms with E-state index in [9.17, 15) is 5.11 Å². The molecule has 0 fully saturated rings. The summed E-state index contributed by atoms with van der Waals surface area (Å²) in [5, 5.41) is 17.7. The maximum Gasteiger partial charge on any atom is 0.258 e. The standard InChI is InChI=1S/C13H12N4O2/c1-8-10(4-3-5-11(8)18)13-15-12(16-19-13)9-6-14-17(2)7-9/h3-7,18H,1-2H3. The molecule has 0 aliphatic rings. The summed E-state index contributed by atoms with van der Waals surface area (Å²) in [5.74, 6) is 1.07. The number of aromatic hydroxyl groups is 1. The molecule has 0 saturated carbocycles. The zero-order valence-electron chi connectivity index (χ0n) is 10.5. The van der Waals surface area contributed by atoms with Gasteiger partial charge in [-0.1, -0.05) is 11.2 Å². The minimum atomic E-state index is 0.207. The van der Waals surface area contributed by atoms with Gasteiger partial charge < -0.3 is 9.63 Å². The van der Waals surface area contributed by atoms with E-state index in [2.05, 4.69) is 15.2 Å². The maximum atomic E-state index is 9.69. The Balaban J connectivity index is 2.04. The lowest BCUT2D eigenvalue weighted by atomic mass is 10.1. The summed E-state index contributed by atoms with van der Waals surface area (Å²) in [6.45, 7) is 1.80. The fraction of sp³-hybridized carbons (Fsp3) is 0.154. The molecule has 3 aromatic rings. The van der Waals surface area contributed by atoms with Crippen LogP contribution >= 0.6 is 0 Å². The topological polar surface area (TPSA) is 77.0 Å². The predicted molar refractivity (Wildman–Crippen MR) is 68.3 cm³/mol. The largest absolute Gasteiger partial charge is 0.508 e. The number of nitrogens with zero attached hydrogens (tertiary/aromatic N) is 4. The number of rotatable bonds is 2. The third kappa shape index (κ3) is 1.97. The molecule has 0 aliphatic heterocycles. The van der Waals surface area contributed by atoms with Crippen molar-refractivity contribution < 1.29 is 9.63 Å². The van der Waals surface area contributed by atoms with Gasteiger partial charge in [-0.25, -0.2) is 0 Å². The van der Waals surface area contributed by atoms with Crippen LogP contribution in [-0.4, -0.2) is 25.0 Å². The zero-order chi connectivity index (χ0) is 13.4. The second-order valence-electron chi connectivity index (χ2n) is 4.28. The molecular weight excluding hydrogens is 244 g/mol. The van der Waals surface area contributed by atoms with Gasteiger partial charge in [-0.2, -0.15) is 10.1 Å². The first-order valence-electron chi connectivity index (χ1n) is 5.77. The van der Waals surface area contributed by atoms with Gasteiger partial charge in [-0.3, -0.25) is 4.68 Å². The lowest BCUT2D eigenvalue weighted by Gasteiger charge is -2.01. The summed E-state index contributed by atoms with van der Waals surface area (Å²) < 4.78 is 6.91. The minimum Gasteiger partial charge on any atom is -0.508 e. The van der Waals surface area contributed by atoms with Crippen LogP contribution in [-0.2, 0) is 7.05 Å². The molecule has 96 valence electrons. The van der Waals surface area contributed by atoms with Crippen LogP contribution in [0.5, 0.6) is 5.75 Å². The van der Waals surface area contributed by atoms with Gasteiger partial charge >= 0.3 is 0 Å². The molecule has 0 saturated heterocycles. The van der Waals surface area contributed by atoms with E-state index < -0.39 is 0 Å². The number of aryl methyl sites for hydroxylation is 1. The average Bonchev–Trinajstić information content (AvgIpc) is 3.01. The molecule has 0 radical (unpaired) electrons. The molecule has 0 spiro atoms. The summed E-state index contributed by atoms with van der Waals surface area (Å²) in [5.41, 5.74) is 2.22. The highest BCUT2D eigenvalue weighted by molar-refractivity contribution is 5.64. The van der Waals surface area contributed by atoms with Gasteiger partial charge in [0.25, 0.3) is 5.89 Å². The number of phenols is 1. The number of hydrogen-bond donors (Lipinski definition) is 1. The van der Waals surface area contributed by atoms with Crippen molar-refractivity contribution in [1.82, 2.24) is 19.9 Å². The van der Waals surface area contributed by atoms with E-state index in [0.717, 1.165) is 11.1 Å². The summed E-state index contributed by atoms with van der Waals surface area (Å²) in [4.78, 5) is 4.32. The van der Waals surface area contributed by atoms with Crippen LogP contribution in [0, 0.1) is 6.92 Å². The first-order chi connectivity index (χ1) is 9.15. The van der Waals surface area contributed by atoms with Crippen molar-refractivity contribution in [3.05, 3.63) is 36.2 Å². The van der Waals surface area contributed by atoms with Crippen molar-refractivity contribution in [2.75, 3.05) is 0 Å². The first kappa shape index (κ1) is 11.5. The summed E-state index contributed by atoms with van der Waals surface area (Å²) in [6, 6.07) is 5.19. The quantitative estimate of drug-likeness (QED) is 0.760. The number of phenolic OH excluding ortho intramolecular Hbond substituents is 1. The molecule has 0 aliphatic carbocycles. The zero-order valence-corrected chi connectivity index (χ0v) is 10.5. The Morgan fingerprint density at radius 1 is 1.32 bits per heavy atom. The number of aromatic nitrogens is 4. The fourth-order valence-electron chi connectivity index (χ4n) is 1.84. The molecule has 3 rings (SSSR count). The van der Waals surface area contributed by atoms with Crippen LogP contribution in [0.2, 0.25) is 0 Å². The van der Waals surface area contributed by atoms with Gasteiger partial charge in [0.1, 0.15) is 5.75 Å². The molecule has 0 unspecified atom stereocenters. The first-order valence-corrected chi connectivity index (χ1v) is 5.77. The van der Waals surface area contributed by atoms with E-state index in [1.807, 2.05) is 19.3 Å². The maximum absolute atomic E-state index is 9.69. The van der Waals surface area contributed by atoms with E-state index in [4.69, 9.17) is 4.52 Å². The van der Waals surface area contributed by atoms with Gasteiger partial charge in [0, 0.05) is 24.4 Å². The molecule has 2 aromatic heterocycles.